The van der Waals surface area contributed by atoms with Crippen molar-refractivity contribution < 1.29 is 23.8 Å². The maximum absolute atomic E-state index is 13.3. The molecule has 0 bridgehead atoms. The van der Waals surface area contributed by atoms with Gasteiger partial charge in [0, 0.05) is 30.6 Å². The molecule has 4 heterocycles. The Bertz CT molecular complexity index is 1200. The van der Waals surface area contributed by atoms with Gasteiger partial charge in [0.2, 0.25) is 11.8 Å². The lowest BCUT2D eigenvalue weighted by atomic mass is 9.70. The third kappa shape index (κ3) is 4.02. The number of amides is 2. The Morgan fingerprint density at radius 1 is 1.22 bits per heavy atom. The van der Waals surface area contributed by atoms with Crippen LogP contribution in [0.15, 0.2) is 42.5 Å². The van der Waals surface area contributed by atoms with E-state index in [-0.39, 0.29) is 42.1 Å². The second-order valence-electron chi connectivity index (χ2n) is 10.9. The minimum atomic E-state index is -0.377. The smallest absolute Gasteiger partial charge is 0.244 e. The highest BCUT2D eigenvalue weighted by atomic mass is 16.5. The lowest BCUT2D eigenvalue weighted by molar-refractivity contribution is -0.187. The monoisotopic (exact) mass is 491 g/mol. The summed E-state index contributed by atoms with van der Waals surface area (Å²) in [5, 5.41) is 2.85. The Labute approximate surface area is 211 Å². The number of para-hydroxylation sites is 2. The number of carbonyl (C=O) groups is 2. The topological polar surface area (TPSA) is 80.3 Å². The molecule has 2 amide bonds. The van der Waals surface area contributed by atoms with Crippen LogP contribution in [0.25, 0.3) is 0 Å². The highest BCUT2D eigenvalue weighted by molar-refractivity contribution is 6.10. The van der Waals surface area contributed by atoms with E-state index in [0.717, 1.165) is 48.7 Å². The van der Waals surface area contributed by atoms with Crippen LogP contribution in [0.1, 0.15) is 38.4 Å². The first-order chi connectivity index (χ1) is 17.3. The van der Waals surface area contributed by atoms with Crippen molar-refractivity contribution in [2.45, 2.75) is 44.5 Å². The normalized spacial score (nSPS) is 28.5. The van der Waals surface area contributed by atoms with E-state index in [9.17, 15) is 9.59 Å². The summed E-state index contributed by atoms with van der Waals surface area (Å²) in [5.41, 5.74) is 2.17. The average molecular weight is 492 g/mol. The van der Waals surface area contributed by atoms with E-state index in [1.54, 1.807) is 12.0 Å². The Kier molecular flexibility index (Phi) is 5.68. The molecule has 0 saturated carbocycles. The number of anilines is 2. The molecule has 2 aromatic rings. The highest BCUT2D eigenvalue weighted by Gasteiger charge is 2.51. The van der Waals surface area contributed by atoms with Gasteiger partial charge in [0.05, 0.1) is 37.2 Å². The van der Waals surface area contributed by atoms with E-state index >= 15 is 0 Å². The third-order valence-corrected chi connectivity index (χ3v) is 8.22. The van der Waals surface area contributed by atoms with E-state index in [2.05, 4.69) is 30.1 Å². The van der Waals surface area contributed by atoms with Gasteiger partial charge in [-0.3, -0.25) is 19.4 Å². The first-order valence-electron chi connectivity index (χ1n) is 12.8. The first-order valence-corrected chi connectivity index (χ1v) is 12.8. The maximum Gasteiger partial charge on any atom is 0.244 e. The molecule has 4 aliphatic rings. The maximum atomic E-state index is 13.3. The number of hydrogen-bond acceptors (Lipinski definition) is 6. The van der Waals surface area contributed by atoms with Crippen LogP contribution in [0, 0.1) is 11.8 Å². The molecule has 0 spiro atoms. The molecule has 4 atom stereocenters. The predicted molar refractivity (Wildman–Crippen MR) is 135 cm³/mol. The molecule has 0 aliphatic carbocycles. The summed E-state index contributed by atoms with van der Waals surface area (Å²) in [6.07, 6.45) is 2.01. The number of hydrogen-bond donors (Lipinski definition) is 1. The molecule has 0 radical (unpaired) electrons. The lowest BCUT2D eigenvalue weighted by Crippen LogP contribution is -2.56. The van der Waals surface area contributed by atoms with Gasteiger partial charge in [-0.2, -0.15) is 0 Å². The number of methoxy groups -OCH3 is 1. The van der Waals surface area contributed by atoms with Gasteiger partial charge in [0.15, 0.2) is 0 Å². The van der Waals surface area contributed by atoms with Crippen LogP contribution in [0.3, 0.4) is 0 Å². The fourth-order valence-corrected chi connectivity index (χ4v) is 6.36. The van der Waals surface area contributed by atoms with E-state index < -0.39 is 0 Å². The molecule has 2 aromatic carbocycles. The zero-order chi connectivity index (χ0) is 25.0. The molecule has 4 aliphatic heterocycles. The van der Waals surface area contributed by atoms with Crippen LogP contribution in [-0.4, -0.2) is 61.7 Å². The average Bonchev–Trinajstić information content (AvgIpc) is 2.86. The van der Waals surface area contributed by atoms with Crippen molar-refractivity contribution in [1.29, 1.82) is 0 Å². The van der Waals surface area contributed by atoms with Gasteiger partial charge in [-0.25, -0.2) is 0 Å². The van der Waals surface area contributed by atoms with E-state index in [0.29, 0.717) is 18.2 Å². The highest BCUT2D eigenvalue weighted by Crippen LogP contribution is 2.53. The number of ether oxygens (including phenoxy) is 3. The van der Waals surface area contributed by atoms with Crippen LogP contribution in [0.5, 0.6) is 11.5 Å². The number of nitrogens with zero attached hydrogens (tertiary/aromatic N) is 2. The summed E-state index contributed by atoms with van der Waals surface area (Å²) >= 11 is 0. The second kappa shape index (κ2) is 8.78. The number of likely N-dealkylation sites (tertiary alicyclic amines) is 1. The van der Waals surface area contributed by atoms with E-state index in [1.165, 1.54) is 0 Å². The van der Waals surface area contributed by atoms with Gasteiger partial charge >= 0.3 is 0 Å². The number of carbonyl (C=O) groups excluding carboxylic acids is 2. The molecule has 8 heteroatoms. The van der Waals surface area contributed by atoms with Crippen molar-refractivity contribution in [3.63, 3.8) is 0 Å². The molecular formula is C28H33N3O5. The second-order valence-corrected chi connectivity index (χ2v) is 10.9. The standard InChI is InChI=1S/C28H33N3O5/c1-28(2)20-12-17-14-30(16-26(33)31-15-25(32)29-21-6-4-5-7-22(21)31)11-10-23(17)35-27(20)19-9-8-18(34-3)13-24(19)36-28/h4-9,13,17,20,23,27H,10-12,14-16H2,1-3H3,(H,29,32)/t17-,20+,23+,27-/m0/s1. The van der Waals surface area contributed by atoms with E-state index in [4.69, 9.17) is 14.2 Å². The van der Waals surface area contributed by atoms with Crippen molar-refractivity contribution in [3.05, 3.63) is 48.0 Å². The van der Waals surface area contributed by atoms with Crippen LogP contribution >= 0.6 is 0 Å². The van der Waals surface area contributed by atoms with Crippen LogP contribution < -0.4 is 19.7 Å². The lowest BCUT2D eigenvalue weighted by Gasteiger charge is -2.53. The first kappa shape index (κ1) is 23.3. The summed E-state index contributed by atoms with van der Waals surface area (Å²) in [4.78, 5) is 29.3. The zero-order valence-corrected chi connectivity index (χ0v) is 21.0. The number of rotatable bonds is 3. The van der Waals surface area contributed by atoms with Gasteiger partial charge in [0.1, 0.15) is 23.6 Å². The fraction of sp³-hybridized carbons (Fsp3) is 0.500. The van der Waals surface area contributed by atoms with Crippen molar-refractivity contribution in [1.82, 2.24) is 4.90 Å². The van der Waals surface area contributed by atoms with Crippen molar-refractivity contribution in [2.75, 3.05) is 43.5 Å². The molecule has 0 aromatic heterocycles. The fourth-order valence-electron chi connectivity index (χ4n) is 6.36. The van der Waals surface area contributed by atoms with Crippen molar-refractivity contribution in [2.24, 2.45) is 11.8 Å². The Hall–Kier alpha value is -3.10. The largest absolute Gasteiger partial charge is 0.497 e. The van der Waals surface area contributed by atoms with Crippen LogP contribution in [0.2, 0.25) is 0 Å². The third-order valence-electron chi connectivity index (χ3n) is 8.22. The quantitative estimate of drug-likeness (QED) is 0.707. The number of benzene rings is 2. The Balaban J connectivity index is 1.16. The summed E-state index contributed by atoms with van der Waals surface area (Å²) in [6.45, 7) is 6.22. The number of nitrogens with one attached hydrogen (secondary N) is 1. The van der Waals surface area contributed by atoms with Gasteiger partial charge in [-0.15, -0.1) is 0 Å². The minimum absolute atomic E-state index is 0.00699. The van der Waals surface area contributed by atoms with Gasteiger partial charge in [0.25, 0.3) is 0 Å². The van der Waals surface area contributed by atoms with Gasteiger partial charge in [-0.05, 0) is 56.9 Å². The molecule has 6 rings (SSSR count). The Morgan fingerprint density at radius 2 is 2.06 bits per heavy atom. The summed E-state index contributed by atoms with van der Waals surface area (Å²) in [5.74, 6) is 1.95. The summed E-state index contributed by atoms with van der Waals surface area (Å²) in [6, 6.07) is 13.5. The zero-order valence-electron chi connectivity index (χ0n) is 21.0. The molecule has 2 saturated heterocycles. The number of piperidine rings is 1. The summed E-state index contributed by atoms with van der Waals surface area (Å²) in [7, 11) is 1.66. The molecule has 1 N–H and O–H groups in total. The molecular weight excluding hydrogens is 458 g/mol. The summed E-state index contributed by atoms with van der Waals surface area (Å²) < 4.78 is 18.6. The van der Waals surface area contributed by atoms with Crippen LogP contribution in [0.4, 0.5) is 11.4 Å². The van der Waals surface area contributed by atoms with Crippen LogP contribution in [-0.2, 0) is 14.3 Å². The van der Waals surface area contributed by atoms with Gasteiger partial charge in [-0.1, -0.05) is 12.1 Å². The molecule has 0 unspecified atom stereocenters. The minimum Gasteiger partial charge on any atom is -0.497 e. The number of fused-ring (bicyclic) bond motifs is 5. The SMILES string of the molecule is COc1ccc2c(c1)OC(C)(C)[C@@H]1C[C@H]3CN(CC(=O)N4CC(=O)Nc5ccccc54)CC[C@H]3O[C@@H]21. The van der Waals surface area contributed by atoms with Crippen molar-refractivity contribution >= 4 is 23.2 Å². The Morgan fingerprint density at radius 3 is 2.89 bits per heavy atom. The van der Waals surface area contributed by atoms with Crippen molar-refractivity contribution in [3.8, 4) is 11.5 Å². The molecule has 190 valence electrons. The molecule has 8 nitrogen and oxygen atoms in total. The molecule has 2 fully saturated rings. The predicted octanol–water partition coefficient (Wildman–Crippen LogP) is 3.62. The van der Waals surface area contributed by atoms with E-state index in [1.807, 2.05) is 36.4 Å². The van der Waals surface area contributed by atoms with Gasteiger partial charge < -0.3 is 19.5 Å². The molecule has 36 heavy (non-hydrogen) atoms.